The summed E-state index contributed by atoms with van der Waals surface area (Å²) < 4.78 is 0. The molecule has 1 aliphatic carbocycles. The first-order valence-corrected chi connectivity index (χ1v) is 7.56. The second kappa shape index (κ2) is 4.42. The lowest BCUT2D eigenvalue weighted by Gasteiger charge is -2.30. The molecule has 1 unspecified atom stereocenters. The zero-order valence-electron chi connectivity index (χ0n) is 11.7. The second-order valence-electron chi connectivity index (χ2n) is 5.71. The molecule has 0 spiro atoms. The van der Waals surface area contributed by atoms with Gasteiger partial charge in [0.05, 0.1) is 10.9 Å². The molecule has 2 aromatic rings. The Balaban J connectivity index is 2.05. The molecule has 2 heterocycles. The van der Waals surface area contributed by atoms with Gasteiger partial charge in [-0.1, -0.05) is 0 Å². The largest absolute Gasteiger partial charge is 0.363 e. The van der Waals surface area contributed by atoms with E-state index in [4.69, 9.17) is 5.73 Å². The number of nitrogens with two attached hydrogens (primary N) is 1. The third-order valence-electron chi connectivity index (χ3n) is 4.27. The van der Waals surface area contributed by atoms with Gasteiger partial charge >= 0.3 is 0 Å². The first kappa shape index (κ1) is 12.8. The van der Waals surface area contributed by atoms with Crippen LogP contribution in [0.1, 0.15) is 30.2 Å². The summed E-state index contributed by atoms with van der Waals surface area (Å²) in [5, 5.41) is 4.75. The van der Waals surface area contributed by atoms with Crippen LogP contribution < -0.4 is 11.1 Å². The van der Waals surface area contributed by atoms with Crippen LogP contribution >= 0.6 is 11.3 Å². The number of nitrogens with one attached hydrogen (secondary N) is 1. The third kappa shape index (κ3) is 2.11. The monoisotopic (exact) mass is 276 g/mol. The zero-order chi connectivity index (χ0) is 13.6. The summed E-state index contributed by atoms with van der Waals surface area (Å²) >= 11 is 1.73. The van der Waals surface area contributed by atoms with Gasteiger partial charge in [0, 0.05) is 11.4 Å². The van der Waals surface area contributed by atoms with Gasteiger partial charge in [0.15, 0.2) is 0 Å². The fourth-order valence-electron chi connectivity index (χ4n) is 2.59. The summed E-state index contributed by atoms with van der Waals surface area (Å²) in [6, 6.07) is 0. The average Bonchev–Trinajstić information content (AvgIpc) is 3.19. The van der Waals surface area contributed by atoms with Gasteiger partial charge in [-0.3, -0.25) is 0 Å². The number of hydrogen-bond donors (Lipinski definition) is 2. The molecule has 1 fully saturated rings. The third-order valence-corrected chi connectivity index (χ3v) is 5.39. The lowest BCUT2D eigenvalue weighted by molar-refractivity contribution is 0.458. The Labute approximate surface area is 117 Å². The Bertz CT molecular complexity index is 617. The van der Waals surface area contributed by atoms with Crippen molar-refractivity contribution in [3.63, 3.8) is 0 Å². The highest BCUT2D eigenvalue weighted by molar-refractivity contribution is 7.18. The number of anilines is 1. The van der Waals surface area contributed by atoms with Crippen LogP contribution in [0.4, 0.5) is 5.82 Å². The highest BCUT2D eigenvalue weighted by Gasteiger charge is 2.41. The predicted molar refractivity (Wildman–Crippen MR) is 80.7 cm³/mol. The van der Waals surface area contributed by atoms with Gasteiger partial charge in [0.1, 0.15) is 17.0 Å². The fourth-order valence-corrected chi connectivity index (χ4v) is 3.58. The van der Waals surface area contributed by atoms with Gasteiger partial charge in [-0.05, 0) is 45.1 Å². The topological polar surface area (TPSA) is 63.8 Å². The Hall–Kier alpha value is -1.20. The Morgan fingerprint density at radius 1 is 1.42 bits per heavy atom. The summed E-state index contributed by atoms with van der Waals surface area (Å²) in [5.74, 6) is 1.61. The number of aryl methyl sites for hydroxylation is 2. The van der Waals surface area contributed by atoms with Gasteiger partial charge in [-0.25, -0.2) is 9.97 Å². The first-order valence-electron chi connectivity index (χ1n) is 6.74. The Morgan fingerprint density at radius 2 is 2.16 bits per heavy atom. The standard InChI is InChI=1S/C14H20N4S/c1-8-9(2)19-13-11(8)12(16-7-17-13)18-14(3,6-15)10-4-5-10/h7,10H,4-6,15H2,1-3H3,(H,16,17,18). The minimum Gasteiger partial charge on any atom is -0.363 e. The number of nitrogens with zero attached hydrogens (tertiary/aromatic N) is 2. The molecule has 4 nitrogen and oxygen atoms in total. The molecule has 102 valence electrons. The molecule has 3 N–H and O–H groups in total. The molecular formula is C14H20N4S. The average molecular weight is 276 g/mol. The number of hydrogen-bond acceptors (Lipinski definition) is 5. The summed E-state index contributed by atoms with van der Waals surface area (Å²) in [5.41, 5.74) is 7.20. The van der Waals surface area contributed by atoms with E-state index >= 15 is 0 Å². The maximum absolute atomic E-state index is 5.98. The summed E-state index contributed by atoms with van der Waals surface area (Å²) in [7, 11) is 0. The van der Waals surface area contributed by atoms with Crippen LogP contribution in [0.2, 0.25) is 0 Å². The lowest BCUT2D eigenvalue weighted by Crippen LogP contribution is -2.45. The SMILES string of the molecule is Cc1sc2ncnc(NC(C)(CN)C3CC3)c2c1C. The molecule has 0 amide bonds. The van der Waals surface area contributed by atoms with E-state index in [1.54, 1.807) is 17.7 Å². The molecule has 1 atom stereocenters. The molecule has 0 aromatic carbocycles. The van der Waals surface area contributed by atoms with E-state index in [2.05, 4.69) is 36.1 Å². The van der Waals surface area contributed by atoms with Crippen LogP contribution in [0, 0.1) is 19.8 Å². The molecule has 2 aromatic heterocycles. The quantitative estimate of drug-likeness (QED) is 0.901. The van der Waals surface area contributed by atoms with E-state index in [1.807, 2.05) is 0 Å². The number of rotatable bonds is 4. The maximum Gasteiger partial charge on any atom is 0.138 e. The summed E-state index contributed by atoms with van der Waals surface area (Å²) in [6.07, 6.45) is 4.16. The van der Waals surface area contributed by atoms with Gasteiger partial charge in [0.25, 0.3) is 0 Å². The molecule has 5 heteroatoms. The van der Waals surface area contributed by atoms with Crippen molar-refractivity contribution in [2.75, 3.05) is 11.9 Å². The molecule has 3 rings (SSSR count). The van der Waals surface area contributed by atoms with Crippen molar-refractivity contribution in [1.82, 2.24) is 9.97 Å². The van der Waals surface area contributed by atoms with Crippen LogP contribution in [0.3, 0.4) is 0 Å². The van der Waals surface area contributed by atoms with Crippen LogP contribution in [0.5, 0.6) is 0 Å². The zero-order valence-corrected chi connectivity index (χ0v) is 12.5. The lowest BCUT2D eigenvalue weighted by atomic mass is 9.95. The summed E-state index contributed by atoms with van der Waals surface area (Å²) in [4.78, 5) is 11.2. The van der Waals surface area contributed by atoms with Crippen LogP contribution in [0.15, 0.2) is 6.33 Å². The van der Waals surface area contributed by atoms with Crippen molar-refractivity contribution >= 4 is 27.4 Å². The van der Waals surface area contributed by atoms with Crippen LogP contribution in [-0.2, 0) is 0 Å². The van der Waals surface area contributed by atoms with Crippen molar-refractivity contribution in [1.29, 1.82) is 0 Å². The van der Waals surface area contributed by atoms with E-state index in [0.29, 0.717) is 12.5 Å². The maximum atomic E-state index is 5.98. The minimum atomic E-state index is -0.0520. The molecule has 0 bridgehead atoms. The van der Waals surface area contributed by atoms with Crippen LogP contribution in [0.25, 0.3) is 10.2 Å². The highest BCUT2D eigenvalue weighted by Crippen LogP contribution is 2.42. The van der Waals surface area contributed by atoms with Crippen LogP contribution in [-0.4, -0.2) is 22.1 Å². The van der Waals surface area contributed by atoms with Gasteiger partial charge in [-0.15, -0.1) is 11.3 Å². The van der Waals surface area contributed by atoms with E-state index in [-0.39, 0.29) is 5.54 Å². The number of aromatic nitrogens is 2. The number of thiophene rings is 1. The Morgan fingerprint density at radius 3 is 2.79 bits per heavy atom. The van der Waals surface area contributed by atoms with Crippen molar-refractivity contribution in [2.45, 2.75) is 39.2 Å². The van der Waals surface area contributed by atoms with Gasteiger partial charge < -0.3 is 11.1 Å². The normalized spacial score (nSPS) is 18.5. The number of fused-ring (bicyclic) bond motifs is 1. The minimum absolute atomic E-state index is 0.0520. The fraction of sp³-hybridized carbons (Fsp3) is 0.571. The second-order valence-corrected chi connectivity index (χ2v) is 6.91. The molecule has 0 saturated heterocycles. The van der Waals surface area contributed by atoms with Gasteiger partial charge in [-0.2, -0.15) is 0 Å². The van der Waals surface area contributed by atoms with Crippen molar-refractivity contribution in [2.24, 2.45) is 11.7 Å². The smallest absolute Gasteiger partial charge is 0.138 e. The van der Waals surface area contributed by atoms with Crippen molar-refractivity contribution in [3.8, 4) is 0 Å². The predicted octanol–water partition coefficient (Wildman–Crippen LogP) is 2.85. The van der Waals surface area contributed by atoms with Crippen molar-refractivity contribution in [3.05, 3.63) is 16.8 Å². The first-order chi connectivity index (χ1) is 9.05. The molecule has 0 radical (unpaired) electrons. The molecular weight excluding hydrogens is 256 g/mol. The molecule has 1 aliphatic rings. The van der Waals surface area contributed by atoms with E-state index in [0.717, 1.165) is 16.0 Å². The van der Waals surface area contributed by atoms with E-state index in [1.165, 1.54) is 23.3 Å². The molecule has 1 saturated carbocycles. The molecule has 19 heavy (non-hydrogen) atoms. The van der Waals surface area contributed by atoms with E-state index in [9.17, 15) is 0 Å². The van der Waals surface area contributed by atoms with Crippen molar-refractivity contribution < 1.29 is 0 Å². The molecule has 0 aliphatic heterocycles. The highest BCUT2D eigenvalue weighted by atomic mass is 32.1. The van der Waals surface area contributed by atoms with E-state index < -0.39 is 0 Å². The Kier molecular flexibility index (Phi) is 2.98. The summed E-state index contributed by atoms with van der Waals surface area (Å²) in [6.45, 7) is 7.10. The van der Waals surface area contributed by atoms with Gasteiger partial charge in [0.2, 0.25) is 0 Å².